The number of hydrogen-bond donors (Lipinski definition) is 0. The zero-order valence-corrected chi connectivity index (χ0v) is 16.7. The maximum Gasteiger partial charge on any atom is 0.272 e. The van der Waals surface area contributed by atoms with Crippen molar-refractivity contribution in [3.63, 3.8) is 0 Å². The number of likely N-dealkylation sites (tertiary alicyclic amines) is 1. The molecule has 0 N–H and O–H groups in total. The first-order chi connectivity index (χ1) is 13.9. The average molecular weight is 400 g/mol. The molecule has 154 valence electrons. The van der Waals surface area contributed by atoms with E-state index in [9.17, 15) is 14.9 Å². The number of amides is 1. The quantitative estimate of drug-likeness (QED) is 0.520. The lowest BCUT2D eigenvalue weighted by atomic mass is 10.0. The molecule has 1 fully saturated rings. The van der Waals surface area contributed by atoms with E-state index in [1.807, 2.05) is 18.2 Å². The van der Waals surface area contributed by atoms with Gasteiger partial charge in [-0.25, -0.2) is 0 Å². The van der Waals surface area contributed by atoms with Gasteiger partial charge in [-0.05, 0) is 50.1 Å². The van der Waals surface area contributed by atoms with Crippen molar-refractivity contribution in [1.82, 2.24) is 4.90 Å². The second-order valence-electron chi connectivity index (χ2n) is 6.85. The molecule has 8 heteroatoms. The van der Waals surface area contributed by atoms with Crippen LogP contribution in [0.2, 0.25) is 0 Å². The molecule has 8 nitrogen and oxygen atoms in total. The zero-order chi connectivity index (χ0) is 21.0. The summed E-state index contributed by atoms with van der Waals surface area (Å²) in [5, 5.41) is 10.9. The number of rotatable bonds is 7. The van der Waals surface area contributed by atoms with Crippen molar-refractivity contribution in [2.45, 2.75) is 25.8 Å². The number of nitro benzene ring substituents is 1. The first-order valence-corrected chi connectivity index (χ1v) is 9.34. The van der Waals surface area contributed by atoms with Gasteiger partial charge >= 0.3 is 0 Å². The highest BCUT2D eigenvalue weighted by molar-refractivity contribution is 5.78. The van der Waals surface area contributed by atoms with Crippen LogP contribution in [-0.4, -0.2) is 43.1 Å². The van der Waals surface area contributed by atoms with Gasteiger partial charge in [0.05, 0.1) is 25.2 Å². The van der Waals surface area contributed by atoms with E-state index < -0.39 is 4.92 Å². The van der Waals surface area contributed by atoms with Crippen LogP contribution >= 0.6 is 0 Å². The molecule has 0 radical (unpaired) electrons. The van der Waals surface area contributed by atoms with Crippen molar-refractivity contribution < 1.29 is 23.9 Å². The molecule has 0 unspecified atom stereocenters. The van der Waals surface area contributed by atoms with Crippen LogP contribution < -0.4 is 14.2 Å². The second-order valence-corrected chi connectivity index (χ2v) is 6.85. The van der Waals surface area contributed by atoms with E-state index in [1.165, 1.54) is 12.1 Å². The van der Waals surface area contributed by atoms with E-state index in [2.05, 4.69) is 0 Å². The van der Waals surface area contributed by atoms with Crippen molar-refractivity contribution >= 4 is 11.6 Å². The van der Waals surface area contributed by atoms with Gasteiger partial charge in [-0.3, -0.25) is 14.9 Å². The van der Waals surface area contributed by atoms with Gasteiger partial charge in [-0.15, -0.1) is 0 Å². The minimum Gasteiger partial charge on any atom is -0.497 e. The largest absolute Gasteiger partial charge is 0.497 e. The van der Waals surface area contributed by atoms with E-state index >= 15 is 0 Å². The van der Waals surface area contributed by atoms with Crippen molar-refractivity contribution in [2.75, 3.05) is 27.4 Å². The monoisotopic (exact) mass is 400 g/mol. The normalized spacial score (nSPS) is 15.8. The van der Waals surface area contributed by atoms with Crippen LogP contribution in [0.4, 0.5) is 5.69 Å². The van der Waals surface area contributed by atoms with E-state index in [4.69, 9.17) is 14.2 Å². The Morgan fingerprint density at radius 1 is 1.17 bits per heavy atom. The van der Waals surface area contributed by atoms with Crippen LogP contribution in [0.1, 0.15) is 30.0 Å². The SMILES string of the molecule is COc1ccc(OC)c([C@H]2CCCN2C(=O)COc2ccc([N+](=O)[O-])c(C)c2)c1. The third kappa shape index (κ3) is 4.42. The number of methoxy groups -OCH3 is 2. The van der Waals surface area contributed by atoms with Gasteiger partial charge in [0.2, 0.25) is 0 Å². The number of ether oxygens (including phenoxy) is 3. The summed E-state index contributed by atoms with van der Waals surface area (Å²) in [5.74, 6) is 1.70. The Kier molecular flexibility index (Phi) is 6.21. The van der Waals surface area contributed by atoms with Gasteiger partial charge in [-0.2, -0.15) is 0 Å². The number of carbonyl (C=O) groups excluding carboxylic acids is 1. The van der Waals surface area contributed by atoms with Crippen LogP contribution in [-0.2, 0) is 4.79 Å². The van der Waals surface area contributed by atoms with Gasteiger partial charge in [-0.1, -0.05) is 0 Å². The lowest BCUT2D eigenvalue weighted by Gasteiger charge is -2.26. The summed E-state index contributed by atoms with van der Waals surface area (Å²) in [6.45, 7) is 2.13. The Labute approximate surface area is 169 Å². The molecule has 1 saturated heterocycles. The predicted octanol–water partition coefficient (Wildman–Crippen LogP) is 3.66. The number of nitrogens with zero attached hydrogens (tertiary/aromatic N) is 2. The lowest BCUT2D eigenvalue weighted by Crippen LogP contribution is -2.34. The smallest absolute Gasteiger partial charge is 0.272 e. The summed E-state index contributed by atoms with van der Waals surface area (Å²) in [5.41, 5.74) is 1.41. The number of carbonyl (C=O) groups is 1. The van der Waals surface area contributed by atoms with E-state index in [0.29, 0.717) is 29.4 Å². The summed E-state index contributed by atoms with van der Waals surface area (Å²) < 4.78 is 16.4. The van der Waals surface area contributed by atoms with Crippen molar-refractivity contribution in [2.24, 2.45) is 0 Å². The Hall–Kier alpha value is -3.29. The van der Waals surface area contributed by atoms with Crippen LogP contribution in [0, 0.1) is 17.0 Å². The first-order valence-electron chi connectivity index (χ1n) is 9.34. The predicted molar refractivity (Wildman–Crippen MR) is 107 cm³/mol. The zero-order valence-electron chi connectivity index (χ0n) is 16.7. The molecule has 0 spiro atoms. The summed E-state index contributed by atoms with van der Waals surface area (Å²) in [4.78, 5) is 25.1. The van der Waals surface area contributed by atoms with Gasteiger partial charge in [0.15, 0.2) is 6.61 Å². The van der Waals surface area contributed by atoms with E-state index in [0.717, 1.165) is 18.4 Å². The Balaban J connectivity index is 1.72. The molecule has 1 aliphatic rings. The second kappa shape index (κ2) is 8.81. The maximum absolute atomic E-state index is 12.8. The van der Waals surface area contributed by atoms with Gasteiger partial charge in [0.25, 0.3) is 11.6 Å². The molecule has 2 aromatic carbocycles. The number of benzene rings is 2. The van der Waals surface area contributed by atoms with Gasteiger partial charge in [0, 0.05) is 23.7 Å². The fourth-order valence-electron chi connectivity index (χ4n) is 3.64. The van der Waals surface area contributed by atoms with Crippen LogP contribution in [0.3, 0.4) is 0 Å². The van der Waals surface area contributed by atoms with Crippen molar-refractivity contribution in [1.29, 1.82) is 0 Å². The molecule has 1 amide bonds. The number of hydrogen-bond acceptors (Lipinski definition) is 6. The summed E-state index contributed by atoms with van der Waals surface area (Å²) in [7, 11) is 3.20. The van der Waals surface area contributed by atoms with Gasteiger partial charge in [0.1, 0.15) is 17.2 Å². The minimum absolute atomic E-state index is 0.0217. The Morgan fingerprint density at radius 3 is 2.59 bits per heavy atom. The first kappa shape index (κ1) is 20.4. The minimum atomic E-state index is -0.444. The molecule has 0 aliphatic carbocycles. The van der Waals surface area contributed by atoms with Gasteiger partial charge < -0.3 is 19.1 Å². The standard InChI is InChI=1S/C21H24N2O6/c1-14-11-16(6-8-18(14)23(25)26)29-13-21(24)22-10-4-5-19(22)17-12-15(27-2)7-9-20(17)28-3/h6-9,11-12,19H,4-5,10,13H2,1-3H3/t19-/m1/s1. The highest BCUT2D eigenvalue weighted by atomic mass is 16.6. The third-order valence-electron chi connectivity index (χ3n) is 5.10. The van der Waals surface area contributed by atoms with E-state index in [1.54, 1.807) is 32.1 Å². The van der Waals surface area contributed by atoms with Crippen molar-refractivity contribution in [3.05, 3.63) is 57.6 Å². The van der Waals surface area contributed by atoms with Crippen LogP contribution in [0.5, 0.6) is 17.2 Å². The van der Waals surface area contributed by atoms with Crippen LogP contribution in [0.25, 0.3) is 0 Å². The van der Waals surface area contributed by atoms with Crippen molar-refractivity contribution in [3.8, 4) is 17.2 Å². The molecule has 0 saturated carbocycles. The van der Waals surface area contributed by atoms with E-state index in [-0.39, 0.29) is 24.2 Å². The molecule has 1 heterocycles. The van der Waals surface area contributed by atoms with Crippen LogP contribution in [0.15, 0.2) is 36.4 Å². The molecule has 29 heavy (non-hydrogen) atoms. The summed E-state index contributed by atoms with van der Waals surface area (Å²) >= 11 is 0. The topological polar surface area (TPSA) is 91.1 Å². The number of aryl methyl sites for hydroxylation is 1. The lowest BCUT2D eigenvalue weighted by molar-refractivity contribution is -0.385. The maximum atomic E-state index is 12.8. The molecule has 0 aromatic heterocycles. The summed E-state index contributed by atoms with van der Waals surface area (Å²) in [6, 6.07) is 9.90. The fourth-order valence-corrected chi connectivity index (χ4v) is 3.64. The highest BCUT2D eigenvalue weighted by Gasteiger charge is 2.32. The molecule has 1 atom stereocenters. The summed E-state index contributed by atoms with van der Waals surface area (Å²) in [6.07, 6.45) is 1.71. The molecule has 0 bridgehead atoms. The molecule has 1 aliphatic heterocycles. The number of nitro groups is 1. The fraction of sp³-hybridized carbons (Fsp3) is 0.381. The average Bonchev–Trinajstić information content (AvgIpc) is 3.21. The Morgan fingerprint density at radius 2 is 1.93 bits per heavy atom. The highest BCUT2D eigenvalue weighted by Crippen LogP contribution is 2.39. The Bertz CT molecular complexity index is 914. The molecular formula is C21H24N2O6. The molecular weight excluding hydrogens is 376 g/mol. The molecule has 2 aromatic rings. The molecule has 3 rings (SSSR count). The third-order valence-corrected chi connectivity index (χ3v) is 5.10.